The molecule has 0 bridgehead atoms. The Morgan fingerprint density at radius 2 is 1.68 bits per heavy atom. The number of ether oxygens (including phenoxy) is 1. The molecule has 0 fully saturated rings. The van der Waals surface area contributed by atoms with E-state index in [9.17, 15) is 18.5 Å². The van der Waals surface area contributed by atoms with Gasteiger partial charge in [0.25, 0.3) is 5.91 Å². The highest BCUT2D eigenvalue weighted by molar-refractivity contribution is 7.87. The standard InChI is InChI=1S/C24H18Cl2N2O5S/c1-2-32-19-10-8-18(9-11-19)28-24(29)17(15-27)12-16-13-21(25)23(22(26)14-16)33-34(30,31)20-6-4-3-5-7-20/h3-14H,2H2,1H3,(H,28,29)/b17-12+. The van der Waals surface area contributed by atoms with Crippen molar-refractivity contribution in [2.75, 3.05) is 11.9 Å². The molecule has 1 amide bonds. The summed E-state index contributed by atoms with van der Waals surface area (Å²) in [4.78, 5) is 12.5. The molecular formula is C24H18Cl2N2O5S. The Morgan fingerprint density at radius 3 is 2.24 bits per heavy atom. The van der Waals surface area contributed by atoms with Gasteiger partial charge < -0.3 is 14.2 Å². The summed E-state index contributed by atoms with van der Waals surface area (Å²) in [7, 11) is -4.16. The molecule has 0 saturated carbocycles. The van der Waals surface area contributed by atoms with Gasteiger partial charge >= 0.3 is 10.1 Å². The Kier molecular flexibility index (Phi) is 8.18. The average Bonchev–Trinajstić information content (AvgIpc) is 2.82. The number of nitrogens with one attached hydrogen (secondary N) is 1. The monoisotopic (exact) mass is 516 g/mol. The van der Waals surface area contributed by atoms with Gasteiger partial charge in [-0.05, 0) is 67.1 Å². The van der Waals surface area contributed by atoms with Gasteiger partial charge in [-0.3, -0.25) is 4.79 Å². The summed E-state index contributed by atoms with van der Waals surface area (Å²) < 4.78 is 35.4. The van der Waals surface area contributed by atoms with Crippen molar-refractivity contribution >= 4 is 51.0 Å². The fraction of sp³-hybridized carbons (Fsp3) is 0.0833. The molecule has 0 spiro atoms. The fourth-order valence-corrected chi connectivity index (χ4v) is 4.46. The molecule has 10 heteroatoms. The van der Waals surface area contributed by atoms with Crippen LogP contribution in [0.4, 0.5) is 5.69 Å². The van der Waals surface area contributed by atoms with Crippen molar-refractivity contribution in [3.8, 4) is 17.6 Å². The molecule has 7 nitrogen and oxygen atoms in total. The predicted octanol–water partition coefficient (Wildman–Crippen LogP) is 5.71. The number of halogens is 2. The zero-order valence-corrected chi connectivity index (χ0v) is 20.1. The van der Waals surface area contributed by atoms with Gasteiger partial charge in [0.2, 0.25) is 0 Å². The molecule has 3 rings (SSSR count). The highest BCUT2D eigenvalue weighted by Crippen LogP contribution is 2.36. The second kappa shape index (κ2) is 11.1. The number of anilines is 1. The maximum atomic E-state index is 12.5. The first-order valence-corrected chi connectivity index (χ1v) is 12.0. The van der Waals surface area contributed by atoms with Crippen LogP contribution in [-0.2, 0) is 14.9 Å². The van der Waals surface area contributed by atoms with E-state index in [2.05, 4.69) is 5.32 Å². The van der Waals surface area contributed by atoms with Crippen LogP contribution in [0.5, 0.6) is 11.5 Å². The number of carbonyl (C=O) groups excluding carboxylic acids is 1. The maximum Gasteiger partial charge on any atom is 0.339 e. The number of benzene rings is 3. The van der Waals surface area contributed by atoms with E-state index in [0.29, 0.717) is 23.6 Å². The van der Waals surface area contributed by atoms with E-state index in [-0.39, 0.29) is 26.3 Å². The van der Waals surface area contributed by atoms with Gasteiger partial charge in [-0.1, -0.05) is 41.4 Å². The van der Waals surface area contributed by atoms with Crippen LogP contribution in [0.25, 0.3) is 6.08 Å². The molecule has 0 aliphatic heterocycles. The number of hydrogen-bond donors (Lipinski definition) is 1. The highest BCUT2D eigenvalue weighted by atomic mass is 35.5. The zero-order valence-electron chi connectivity index (χ0n) is 17.8. The van der Waals surface area contributed by atoms with Gasteiger partial charge in [0.1, 0.15) is 22.3 Å². The van der Waals surface area contributed by atoms with E-state index in [1.165, 1.54) is 30.3 Å². The normalized spacial score (nSPS) is 11.4. The zero-order chi connectivity index (χ0) is 24.7. The fourth-order valence-electron chi connectivity index (χ4n) is 2.80. The van der Waals surface area contributed by atoms with Crippen LogP contribution in [0.3, 0.4) is 0 Å². The third-order valence-electron chi connectivity index (χ3n) is 4.34. The van der Waals surface area contributed by atoms with E-state index in [1.807, 2.05) is 13.0 Å². The van der Waals surface area contributed by atoms with Crippen molar-refractivity contribution < 1.29 is 22.1 Å². The van der Waals surface area contributed by atoms with Crippen LogP contribution in [-0.4, -0.2) is 20.9 Å². The van der Waals surface area contributed by atoms with Gasteiger partial charge in [0.15, 0.2) is 5.75 Å². The molecule has 0 saturated heterocycles. The average molecular weight is 517 g/mol. The van der Waals surface area contributed by atoms with Crippen LogP contribution < -0.4 is 14.2 Å². The van der Waals surface area contributed by atoms with Crippen LogP contribution >= 0.6 is 23.2 Å². The van der Waals surface area contributed by atoms with Crippen molar-refractivity contribution in [3.63, 3.8) is 0 Å². The van der Waals surface area contributed by atoms with Crippen molar-refractivity contribution in [1.29, 1.82) is 5.26 Å². The predicted molar refractivity (Wildman–Crippen MR) is 131 cm³/mol. The quantitative estimate of drug-likeness (QED) is 0.233. The summed E-state index contributed by atoms with van der Waals surface area (Å²) in [5.74, 6) is -0.259. The lowest BCUT2D eigenvalue weighted by molar-refractivity contribution is -0.112. The van der Waals surface area contributed by atoms with E-state index >= 15 is 0 Å². The molecule has 1 N–H and O–H groups in total. The Labute approximate surface area is 207 Å². The minimum absolute atomic E-state index is 0.0659. The van der Waals surface area contributed by atoms with E-state index < -0.39 is 16.0 Å². The summed E-state index contributed by atoms with van der Waals surface area (Å²) >= 11 is 12.4. The molecule has 34 heavy (non-hydrogen) atoms. The number of carbonyl (C=O) groups is 1. The first kappa shape index (κ1) is 25.1. The van der Waals surface area contributed by atoms with Crippen LogP contribution in [0.1, 0.15) is 12.5 Å². The number of rotatable bonds is 8. The molecule has 0 aliphatic carbocycles. The number of hydrogen-bond acceptors (Lipinski definition) is 6. The number of nitrogens with zero attached hydrogens (tertiary/aromatic N) is 1. The van der Waals surface area contributed by atoms with E-state index in [4.69, 9.17) is 32.1 Å². The Bertz CT molecular complexity index is 1340. The SMILES string of the molecule is CCOc1ccc(NC(=O)/C(C#N)=C/c2cc(Cl)c(OS(=O)(=O)c3ccccc3)c(Cl)c2)cc1. The third-order valence-corrected chi connectivity index (χ3v) is 6.14. The largest absolute Gasteiger partial charge is 0.494 e. The third kappa shape index (κ3) is 6.29. The molecular weight excluding hydrogens is 499 g/mol. The summed E-state index contributed by atoms with van der Waals surface area (Å²) in [5.41, 5.74) is 0.560. The molecule has 0 atom stereocenters. The number of amides is 1. The van der Waals surface area contributed by atoms with Gasteiger partial charge in [-0.2, -0.15) is 13.7 Å². The second-order valence-electron chi connectivity index (χ2n) is 6.75. The van der Waals surface area contributed by atoms with Gasteiger partial charge in [0, 0.05) is 5.69 Å². The van der Waals surface area contributed by atoms with Gasteiger partial charge in [-0.15, -0.1) is 0 Å². The minimum atomic E-state index is -4.16. The van der Waals surface area contributed by atoms with Crippen molar-refractivity contribution in [2.24, 2.45) is 0 Å². The summed E-state index contributed by atoms with van der Waals surface area (Å²) in [6.07, 6.45) is 1.27. The first-order chi connectivity index (χ1) is 16.2. The Morgan fingerprint density at radius 1 is 1.06 bits per heavy atom. The lowest BCUT2D eigenvalue weighted by atomic mass is 10.1. The minimum Gasteiger partial charge on any atom is -0.494 e. The molecule has 0 aliphatic rings. The van der Waals surface area contributed by atoms with Crippen LogP contribution in [0.15, 0.2) is 77.2 Å². The first-order valence-electron chi connectivity index (χ1n) is 9.88. The smallest absolute Gasteiger partial charge is 0.339 e. The topological polar surface area (TPSA) is 105 Å². The number of nitriles is 1. The summed E-state index contributed by atoms with van der Waals surface area (Å²) in [6, 6.07) is 18.7. The van der Waals surface area contributed by atoms with E-state index in [1.54, 1.807) is 42.5 Å². The maximum absolute atomic E-state index is 12.5. The molecule has 0 aromatic heterocycles. The van der Waals surface area contributed by atoms with E-state index in [0.717, 1.165) is 0 Å². The summed E-state index contributed by atoms with van der Waals surface area (Å²) in [6.45, 7) is 2.37. The molecule has 3 aromatic carbocycles. The van der Waals surface area contributed by atoms with Gasteiger partial charge in [0.05, 0.1) is 16.7 Å². The molecule has 174 valence electrons. The van der Waals surface area contributed by atoms with Gasteiger partial charge in [-0.25, -0.2) is 0 Å². The Hall–Kier alpha value is -3.51. The molecule has 3 aromatic rings. The van der Waals surface area contributed by atoms with Crippen LogP contribution in [0, 0.1) is 11.3 Å². The Balaban J connectivity index is 1.81. The molecule has 0 radical (unpaired) electrons. The van der Waals surface area contributed by atoms with Crippen molar-refractivity contribution in [2.45, 2.75) is 11.8 Å². The highest BCUT2D eigenvalue weighted by Gasteiger charge is 2.21. The lowest BCUT2D eigenvalue weighted by Crippen LogP contribution is -2.13. The lowest BCUT2D eigenvalue weighted by Gasteiger charge is -2.11. The molecule has 0 unspecified atom stereocenters. The van der Waals surface area contributed by atoms with Crippen molar-refractivity contribution in [3.05, 3.63) is 87.9 Å². The van der Waals surface area contributed by atoms with Crippen LogP contribution in [0.2, 0.25) is 10.0 Å². The van der Waals surface area contributed by atoms with Crippen molar-refractivity contribution in [1.82, 2.24) is 0 Å². The molecule has 0 heterocycles. The second-order valence-corrected chi connectivity index (χ2v) is 9.11. The summed E-state index contributed by atoms with van der Waals surface area (Å²) in [5, 5.41) is 11.9.